The molecule has 2 aliphatic heterocycles. The van der Waals surface area contributed by atoms with Crippen molar-refractivity contribution in [3.63, 3.8) is 0 Å². The van der Waals surface area contributed by atoms with E-state index >= 15 is 0 Å². The first-order chi connectivity index (χ1) is 18.3. The number of nitrogens with zero attached hydrogens (tertiary/aromatic N) is 1. The van der Waals surface area contributed by atoms with Gasteiger partial charge in [0.1, 0.15) is 0 Å². The van der Waals surface area contributed by atoms with Crippen LogP contribution in [-0.2, 0) is 17.7 Å². The van der Waals surface area contributed by atoms with E-state index in [1.807, 2.05) is 0 Å². The van der Waals surface area contributed by atoms with Crippen LogP contribution >= 0.6 is 0 Å². The lowest BCUT2D eigenvalue weighted by Crippen LogP contribution is -2.57. The number of allylic oxidation sites excluding steroid dienone is 6. The summed E-state index contributed by atoms with van der Waals surface area (Å²) in [6.45, 7) is 17.2. The van der Waals surface area contributed by atoms with Crippen molar-refractivity contribution in [3.05, 3.63) is 64.8 Å². The van der Waals surface area contributed by atoms with Gasteiger partial charge in [0.2, 0.25) is 0 Å². The molecular formula is C33H48N4O. The Labute approximate surface area is 230 Å². The molecule has 2 atom stereocenters. The number of hydrogen-bond donors (Lipinski definition) is 3. The summed E-state index contributed by atoms with van der Waals surface area (Å²) in [4.78, 5) is 2.60. The molecule has 3 N–H and O–H groups in total. The molecule has 0 bridgehead atoms. The highest BCUT2D eigenvalue weighted by atomic mass is 16.5. The normalized spacial score (nSPS) is 24.6. The fourth-order valence-electron chi connectivity index (χ4n) is 6.86. The first-order valence-corrected chi connectivity index (χ1v) is 14.8. The summed E-state index contributed by atoms with van der Waals surface area (Å²) in [6.07, 6.45) is 13.4. The van der Waals surface area contributed by atoms with Gasteiger partial charge in [-0.3, -0.25) is 4.90 Å². The Kier molecular flexibility index (Phi) is 8.39. The standard InChI is InChI=1S/C33H48N4O/c1-32(2,37-16-14-35-15-17-37)23-36-22-24-7-11-30-27(20-24)21-26-9-8-25(10-12-29(26)30)31(34)33(3,4)28-6-5-18-38-19-13-28/h7-12,20,26,28,34-36H,5-6,13-19,21-23H2,1-4H3. The van der Waals surface area contributed by atoms with Crippen LogP contribution in [0.3, 0.4) is 0 Å². The predicted octanol–water partition coefficient (Wildman–Crippen LogP) is 5.37. The molecule has 0 radical (unpaired) electrons. The van der Waals surface area contributed by atoms with Crippen molar-refractivity contribution in [1.29, 1.82) is 5.41 Å². The highest BCUT2D eigenvalue weighted by Crippen LogP contribution is 2.42. The maximum absolute atomic E-state index is 9.14. The Morgan fingerprint density at radius 1 is 1.11 bits per heavy atom. The molecule has 5 rings (SSSR count). The molecule has 0 aromatic heterocycles. The SMILES string of the molecule is CC(C)(C(=N)C1=CC=C2c3ccc(CNCC(C)(C)N4CCNCC4)cc3CC2C=C1)C1CCCOCC1. The molecule has 38 heavy (non-hydrogen) atoms. The maximum atomic E-state index is 9.14. The molecule has 206 valence electrons. The highest BCUT2D eigenvalue weighted by Gasteiger charge is 2.36. The highest BCUT2D eigenvalue weighted by molar-refractivity contribution is 6.05. The van der Waals surface area contributed by atoms with E-state index in [1.54, 1.807) is 0 Å². The van der Waals surface area contributed by atoms with Gasteiger partial charge in [-0.05, 0) is 73.3 Å². The summed E-state index contributed by atoms with van der Waals surface area (Å²) in [5.74, 6) is 0.896. The van der Waals surface area contributed by atoms with Crippen molar-refractivity contribution in [3.8, 4) is 0 Å². The molecule has 4 aliphatic rings. The van der Waals surface area contributed by atoms with Crippen molar-refractivity contribution in [2.45, 2.75) is 65.5 Å². The zero-order valence-corrected chi connectivity index (χ0v) is 24.0. The summed E-state index contributed by atoms with van der Waals surface area (Å²) >= 11 is 0. The van der Waals surface area contributed by atoms with E-state index in [2.05, 4.69) is 85.7 Å². The van der Waals surface area contributed by atoms with Crippen LogP contribution in [0, 0.1) is 22.7 Å². The molecule has 2 fully saturated rings. The van der Waals surface area contributed by atoms with Crippen LogP contribution in [0.25, 0.3) is 5.57 Å². The zero-order chi connectivity index (χ0) is 26.8. The number of nitrogens with one attached hydrogen (secondary N) is 3. The molecule has 0 spiro atoms. The third-order valence-electron chi connectivity index (χ3n) is 9.54. The summed E-state index contributed by atoms with van der Waals surface area (Å²) in [5.41, 5.74) is 7.46. The summed E-state index contributed by atoms with van der Waals surface area (Å²) in [5, 5.41) is 16.3. The summed E-state index contributed by atoms with van der Waals surface area (Å²) < 4.78 is 5.70. The Morgan fingerprint density at radius 2 is 1.92 bits per heavy atom. The van der Waals surface area contributed by atoms with Crippen LogP contribution in [0.4, 0.5) is 0 Å². The summed E-state index contributed by atoms with van der Waals surface area (Å²) in [7, 11) is 0. The number of hydrogen-bond acceptors (Lipinski definition) is 5. The minimum absolute atomic E-state index is 0.152. The van der Waals surface area contributed by atoms with Gasteiger partial charge in [-0.1, -0.05) is 56.4 Å². The van der Waals surface area contributed by atoms with Gasteiger partial charge in [0, 0.05) is 75.1 Å². The van der Waals surface area contributed by atoms with Crippen LogP contribution < -0.4 is 10.6 Å². The minimum Gasteiger partial charge on any atom is -0.381 e. The quantitative estimate of drug-likeness (QED) is 0.406. The summed E-state index contributed by atoms with van der Waals surface area (Å²) in [6, 6.07) is 7.03. The smallest absolute Gasteiger partial charge is 0.0469 e. The average molecular weight is 517 g/mol. The van der Waals surface area contributed by atoms with Crippen LogP contribution in [0.5, 0.6) is 0 Å². The minimum atomic E-state index is -0.152. The molecule has 5 heteroatoms. The maximum Gasteiger partial charge on any atom is 0.0469 e. The number of ether oxygens (including phenoxy) is 1. The first kappa shape index (κ1) is 27.5. The largest absolute Gasteiger partial charge is 0.381 e. The van der Waals surface area contributed by atoms with Crippen LogP contribution in [0.1, 0.15) is 63.6 Å². The molecule has 0 amide bonds. The second-order valence-electron chi connectivity index (χ2n) is 12.9. The van der Waals surface area contributed by atoms with Crippen LogP contribution in [-0.4, -0.2) is 62.1 Å². The van der Waals surface area contributed by atoms with Crippen molar-refractivity contribution >= 4 is 11.3 Å². The fourth-order valence-corrected chi connectivity index (χ4v) is 6.86. The van der Waals surface area contributed by atoms with Gasteiger partial charge >= 0.3 is 0 Å². The van der Waals surface area contributed by atoms with E-state index < -0.39 is 0 Å². The van der Waals surface area contributed by atoms with E-state index in [-0.39, 0.29) is 11.0 Å². The van der Waals surface area contributed by atoms with Gasteiger partial charge in [0.05, 0.1) is 0 Å². The van der Waals surface area contributed by atoms with Crippen molar-refractivity contribution < 1.29 is 4.74 Å². The van der Waals surface area contributed by atoms with E-state index in [4.69, 9.17) is 10.1 Å². The predicted molar refractivity (Wildman–Crippen MR) is 159 cm³/mol. The lowest BCUT2D eigenvalue weighted by atomic mass is 9.69. The average Bonchev–Trinajstić information content (AvgIpc) is 3.10. The van der Waals surface area contributed by atoms with Crippen molar-refractivity contribution in [2.75, 3.05) is 45.9 Å². The molecular weight excluding hydrogens is 468 g/mol. The molecule has 0 saturated carbocycles. The Morgan fingerprint density at radius 3 is 2.74 bits per heavy atom. The lowest BCUT2D eigenvalue weighted by Gasteiger charge is -2.41. The van der Waals surface area contributed by atoms with Gasteiger partial charge in [-0.15, -0.1) is 0 Å². The van der Waals surface area contributed by atoms with E-state index in [9.17, 15) is 0 Å². The molecule has 2 heterocycles. The van der Waals surface area contributed by atoms with Gasteiger partial charge in [0.25, 0.3) is 0 Å². The van der Waals surface area contributed by atoms with Crippen LogP contribution in [0.2, 0.25) is 0 Å². The second kappa shape index (κ2) is 11.6. The molecule has 2 saturated heterocycles. The first-order valence-electron chi connectivity index (χ1n) is 14.8. The number of rotatable bonds is 8. The Hall–Kier alpha value is -2.05. The fraction of sp³-hybridized carbons (Fsp3) is 0.606. The van der Waals surface area contributed by atoms with Crippen LogP contribution in [0.15, 0.2) is 48.1 Å². The number of fused-ring (bicyclic) bond motifs is 3. The van der Waals surface area contributed by atoms with E-state index in [0.717, 1.165) is 89.5 Å². The third kappa shape index (κ3) is 5.91. The third-order valence-corrected chi connectivity index (χ3v) is 9.54. The Balaban J connectivity index is 1.24. The van der Waals surface area contributed by atoms with Crippen molar-refractivity contribution in [2.24, 2.45) is 17.3 Å². The lowest BCUT2D eigenvalue weighted by molar-refractivity contribution is 0.102. The molecule has 1 aromatic carbocycles. The topological polar surface area (TPSA) is 60.4 Å². The number of piperazine rings is 1. The van der Waals surface area contributed by atoms with E-state index in [1.165, 1.54) is 22.3 Å². The molecule has 1 aromatic rings. The van der Waals surface area contributed by atoms with Gasteiger partial charge in [0.15, 0.2) is 0 Å². The Bertz CT molecular complexity index is 1100. The molecule has 2 aliphatic carbocycles. The van der Waals surface area contributed by atoms with Gasteiger partial charge in [-0.2, -0.15) is 0 Å². The second-order valence-corrected chi connectivity index (χ2v) is 12.9. The monoisotopic (exact) mass is 516 g/mol. The molecule has 5 nitrogen and oxygen atoms in total. The number of benzene rings is 1. The zero-order valence-electron chi connectivity index (χ0n) is 24.0. The molecule has 2 unspecified atom stereocenters. The van der Waals surface area contributed by atoms with Gasteiger partial charge < -0.3 is 20.8 Å². The van der Waals surface area contributed by atoms with Gasteiger partial charge in [-0.25, -0.2) is 0 Å². The van der Waals surface area contributed by atoms with Crippen molar-refractivity contribution in [1.82, 2.24) is 15.5 Å². The van der Waals surface area contributed by atoms with E-state index in [0.29, 0.717) is 11.8 Å².